The molecule has 1 aromatic heterocycles. The number of primary amides is 1. The molecule has 1 fully saturated rings. The Balaban J connectivity index is 1.55. The smallest absolute Gasteiger partial charge is 0.277 e. The van der Waals surface area contributed by atoms with Gasteiger partial charge >= 0.3 is 0 Å². The van der Waals surface area contributed by atoms with Crippen LogP contribution in [0.4, 0.5) is 11.4 Å². The van der Waals surface area contributed by atoms with Crippen LogP contribution in [0.5, 0.6) is 0 Å². The number of nitrogens with zero attached hydrogens (tertiary/aromatic N) is 4. The predicted octanol–water partition coefficient (Wildman–Crippen LogP) is 2.22. The second kappa shape index (κ2) is 7.09. The number of benzene rings is 2. The van der Waals surface area contributed by atoms with Crippen LogP contribution < -0.4 is 15.5 Å². The highest BCUT2D eigenvalue weighted by Crippen LogP contribution is 2.31. The van der Waals surface area contributed by atoms with Crippen molar-refractivity contribution >= 4 is 29.1 Å². The average Bonchev–Trinajstić information content (AvgIpc) is 3.15. The first-order valence-electron chi connectivity index (χ1n) is 10.2. The van der Waals surface area contributed by atoms with Crippen molar-refractivity contribution in [3.05, 3.63) is 71.0 Å². The largest absolute Gasteiger partial charge is 0.364 e. The number of β-lactam (4-membered cyclic amide) rings is 1. The molecule has 3 aromatic rings. The summed E-state index contributed by atoms with van der Waals surface area (Å²) >= 11 is 0. The lowest BCUT2D eigenvalue weighted by Crippen LogP contribution is -2.43. The van der Waals surface area contributed by atoms with Gasteiger partial charge in [-0.3, -0.25) is 14.4 Å². The maximum Gasteiger partial charge on any atom is 0.277 e. The van der Waals surface area contributed by atoms with Crippen LogP contribution in [0.3, 0.4) is 0 Å². The highest BCUT2D eigenvalue weighted by molar-refractivity contribution is 6.09. The van der Waals surface area contributed by atoms with E-state index in [1.165, 1.54) is 4.68 Å². The number of fused-ring (bicyclic) bond motifs is 1. The number of nitrogens with two attached hydrogens (primary N) is 1. The Labute approximate surface area is 178 Å². The van der Waals surface area contributed by atoms with Crippen molar-refractivity contribution in [1.82, 2.24) is 9.78 Å². The number of aryl methyl sites for hydroxylation is 1. The topological polar surface area (TPSA) is 102 Å². The molecule has 3 heterocycles. The quantitative estimate of drug-likeness (QED) is 0.660. The standard InChI is InChI=1S/C23H21N5O3/c1-14-4-2-3-5-18(14)28-21-17(20(25-28)22(24)30)10-12-27(23(21)31)16-8-6-15(7-9-16)26-13-11-19(26)29/h2-9H,10-13H2,1H3,(H2,24,30). The van der Waals surface area contributed by atoms with E-state index in [0.29, 0.717) is 30.6 Å². The van der Waals surface area contributed by atoms with Crippen molar-refractivity contribution in [3.8, 4) is 5.69 Å². The van der Waals surface area contributed by atoms with Gasteiger partial charge in [-0.05, 0) is 49.2 Å². The van der Waals surface area contributed by atoms with Gasteiger partial charge < -0.3 is 15.5 Å². The third-order valence-electron chi connectivity index (χ3n) is 5.92. The van der Waals surface area contributed by atoms with E-state index in [1.807, 2.05) is 55.5 Å². The summed E-state index contributed by atoms with van der Waals surface area (Å²) in [6, 6.07) is 14.9. The molecule has 0 radical (unpaired) electrons. The number of para-hydroxylation sites is 1. The van der Waals surface area contributed by atoms with E-state index >= 15 is 0 Å². The van der Waals surface area contributed by atoms with Gasteiger partial charge in [0.05, 0.1) is 5.69 Å². The number of anilines is 2. The maximum atomic E-state index is 13.5. The lowest BCUT2D eigenvalue weighted by atomic mass is 10.0. The van der Waals surface area contributed by atoms with Crippen molar-refractivity contribution < 1.29 is 14.4 Å². The SMILES string of the molecule is Cc1ccccc1-n1nc(C(N)=O)c2c1C(=O)N(c1ccc(N3CCC3=O)cc1)CC2. The molecule has 1 saturated heterocycles. The molecule has 8 heteroatoms. The summed E-state index contributed by atoms with van der Waals surface area (Å²) in [5, 5.41) is 4.42. The minimum absolute atomic E-state index is 0.104. The molecule has 0 bridgehead atoms. The van der Waals surface area contributed by atoms with E-state index in [4.69, 9.17) is 5.73 Å². The molecule has 0 saturated carbocycles. The van der Waals surface area contributed by atoms with Gasteiger partial charge in [-0.15, -0.1) is 0 Å². The molecule has 5 rings (SSSR count). The van der Waals surface area contributed by atoms with E-state index in [0.717, 1.165) is 29.2 Å². The molecule has 3 amide bonds. The monoisotopic (exact) mass is 415 g/mol. The zero-order valence-electron chi connectivity index (χ0n) is 17.0. The molecular formula is C23H21N5O3. The lowest BCUT2D eigenvalue weighted by Gasteiger charge is -2.32. The molecule has 2 aliphatic rings. The van der Waals surface area contributed by atoms with Gasteiger partial charge in [-0.25, -0.2) is 4.68 Å². The lowest BCUT2D eigenvalue weighted by molar-refractivity contribution is -0.122. The molecule has 31 heavy (non-hydrogen) atoms. The Morgan fingerprint density at radius 2 is 1.58 bits per heavy atom. The van der Waals surface area contributed by atoms with Crippen molar-refractivity contribution in [2.24, 2.45) is 5.73 Å². The molecule has 2 aromatic carbocycles. The fourth-order valence-electron chi connectivity index (χ4n) is 4.18. The first-order chi connectivity index (χ1) is 15.0. The van der Waals surface area contributed by atoms with Crippen molar-refractivity contribution in [1.29, 1.82) is 0 Å². The first kappa shape index (κ1) is 19.0. The number of carbonyl (C=O) groups is 3. The minimum Gasteiger partial charge on any atom is -0.364 e. The Morgan fingerprint density at radius 1 is 0.935 bits per heavy atom. The number of rotatable bonds is 4. The fourth-order valence-corrected chi connectivity index (χ4v) is 4.18. The van der Waals surface area contributed by atoms with Crippen LogP contribution in [0, 0.1) is 6.92 Å². The fraction of sp³-hybridized carbons (Fsp3) is 0.217. The molecular weight excluding hydrogens is 394 g/mol. The molecule has 2 N–H and O–H groups in total. The Bertz CT molecular complexity index is 1230. The van der Waals surface area contributed by atoms with Gasteiger partial charge in [0, 0.05) is 36.4 Å². The average molecular weight is 415 g/mol. The summed E-state index contributed by atoms with van der Waals surface area (Å²) in [5.41, 5.74) is 9.85. The van der Waals surface area contributed by atoms with Gasteiger partial charge in [-0.1, -0.05) is 18.2 Å². The Kier molecular flexibility index (Phi) is 4.35. The van der Waals surface area contributed by atoms with Crippen LogP contribution >= 0.6 is 0 Å². The van der Waals surface area contributed by atoms with E-state index in [1.54, 1.807) is 9.80 Å². The number of hydrogen-bond acceptors (Lipinski definition) is 4. The highest BCUT2D eigenvalue weighted by Gasteiger charge is 2.35. The van der Waals surface area contributed by atoms with Crippen LogP contribution in [-0.4, -0.2) is 40.6 Å². The summed E-state index contributed by atoms with van der Waals surface area (Å²) in [7, 11) is 0. The van der Waals surface area contributed by atoms with E-state index in [9.17, 15) is 14.4 Å². The zero-order chi connectivity index (χ0) is 21.7. The summed E-state index contributed by atoms with van der Waals surface area (Å²) in [6.45, 7) is 3.05. The normalized spacial score (nSPS) is 15.6. The second-order valence-electron chi connectivity index (χ2n) is 7.76. The van der Waals surface area contributed by atoms with Crippen molar-refractivity contribution in [3.63, 3.8) is 0 Å². The molecule has 0 spiro atoms. The maximum absolute atomic E-state index is 13.5. The minimum atomic E-state index is -0.645. The summed E-state index contributed by atoms with van der Waals surface area (Å²) in [5.74, 6) is -0.779. The van der Waals surface area contributed by atoms with Crippen molar-refractivity contribution in [2.45, 2.75) is 19.8 Å². The van der Waals surface area contributed by atoms with Gasteiger partial charge in [0.1, 0.15) is 5.69 Å². The van der Waals surface area contributed by atoms with E-state index in [2.05, 4.69) is 5.10 Å². The third kappa shape index (κ3) is 2.99. The van der Waals surface area contributed by atoms with Crippen LogP contribution in [0.25, 0.3) is 5.69 Å². The van der Waals surface area contributed by atoms with E-state index < -0.39 is 5.91 Å². The molecule has 8 nitrogen and oxygen atoms in total. The summed E-state index contributed by atoms with van der Waals surface area (Å²) in [6.07, 6.45) is 1.04. The van der Waals surface area contributed by atoms with Crippen LogP contribution in [-0.2, 0) is 11.2 Å². The van der Waals surface area contributed by atoms with Gasteiger partial charge in [0.15, 0.2) is 5.69 Å². The Morgan fingerprint density at radius 3 is 2.16 bits per heavy atom. The zero-order valence-corrected chi connectivity index (χ0v) is 17.0. The number of amides is 3. The van der Waals surface area contributed by atoms with Crippen molar-refractivity contribution in [2.75, 3.05) is 22.9 Å². The molecule has 0 unspecified atom stereocenters. The molecule has 156 valence electrons. The Hall–Kier alpha value is -3.94. The highest BCUT2D eigenvalue weighted by atomic mass is 16.2. The van der Waals surface area contributed by atoms with Crippen LogP contribution in [0.1, 0.15) is 38.5 Å². The van der Waals surface area contributed by atoms with Gasteiger partial charge in [-0.2, -0.15) is 5.10 Å². The van der Waals surface area contributed by atoms with Gasteiger partial charge in [0.2, 0.25) is 5.91 Å². The summed E-state index contributed by atoms with van der Waals surface area (Å²) in [4.78, 5) is 40.6. The second-order valence-corrected chi connectivity index (χ2v) is 7.76. The number of aromatic nitrogens is 2. The predicted molar refractivity (Wildman–Crippen MR) is 116 cm³/mol. The number of carbonyl (C=O) groups excluding carboxylic acids is 3. The molecule has 2 aliphatic heterocycles. The molecule has 0 atom stereocenters. The van der Waals surface area contributed by atoms with Gasteiger partial charge in [0.25, 0.3) is 11.8 Å². The number of hydrogen-bond donors (Lipinski definition) is 1. The first-order valence-corrected chi connectivity index (χ1v) is 10.2. The summed E-state index contributed by atoms with van der Waals surface area (Å²) < 4.78 is 1.53. The van der Waals surface area contributed by atoms with E-state index in [-0.39, 0.29) is 17.5 Å². The molecule has 0 aliphatic carbocycles. The van der Waals surface area contributed by atoms with Crippen LogP contribution in [0.15, 0.2) is 48.5 Å². The van der Waals surface area contributed by atoms with Crippen LogP contribution in [0.2, 0.25) is 0 Å². The third-order valence-corrected chi connectivity index (χ3v) is 5.92.